The standard InChI is InChI=1S/C22H21FN4O2/c1-3-14(28)9-8-13(2)10-15-20(24)16(22(25)29)11-19-21(15)26-12-27(19)18-7-5-4-6-17(18)23/h3-12,28H,24H2,1-2H3,(H2,25,29)/b9-8-,13-10+,14-3-. The van der Waals surface area contributed by atoms with Crippen molar-refractivity contribution < 1.29 is 14.3 Å². The first-order valence-corrected chi connectivity index (χ1v) is 8.89. The summed E-state index contributed by atoms with van der Waals surface area (Å²) in [6.07, 6.45) is 8.00. The number of anilines is 1. The van der Waals surface area contributed by atoms with Crippen LogP contribution < -0.4 is 11.5 Å². The second-order valence-electron chi connectivity index (χ2n) is 6.48. The van der Waals surface area contributed by atoms with Gasteiger partial charge >= 0.3 is 0 Å². The number of primary amides is 1. The molecule has 0 aliphatic carbocycles. The number of halogens is 1. The van der Waals surface area contributed by atoms with Gasteiger partial charge in [-0.2, -0.15) is 0 Å². The number of aliphatic hydroxyl groups is 1. The van der Waals surface area contributed by atoms with Crippen molar-refractivity contribution in [2.75, 3.05) is 5.73 Å². The molecule has 148 valence electrons. The third-order valence-corrected chi connectivity index (χ3v) is 4.48. The zero-order valence-electron chi connectivity index (χ0n) is 16.1. The first-order chi connectivity index (χ1) is 13.8. The lowest BCUT2D eigenvalue weighted by Gasteiger charge is -2.11. The highest BCUT2D eigenvalue weighted by molar-refractivity contribution is 6.06. The topological polar surface area (TPSA) is 107 Å². The molecular formula is C22H21FN4O2. The molecule has 0 aliphatic rings. The Bertz CT molecular complexity index is 1190. The number of nitrogens with two attached hydrogens (primary N) is 2. The van der Waals surface area contributed by atoms with E-state index in [1.54, 1.807) is 47.9 Å². The number of fused-ring (bicyclic) bond motifs is 1. The molecule has 6 nitrogen and oxygen atoms in total. The Balaban J connectivity index is 2.27. The predicted molar refractivity (Wildman–Crippen MR) is 113 cm³/mol. The van der Waals surface area contributed by atoms with Crippen LogP contribution in [0.1, 0.15) is 29.8 Å². The Morgan fingerprint density at radius 2 is 2.00 bits per heavy atom. The molecule has 0 bridgehead atoms. The lowest BCUT2D eigenvalue weighted by atomic mass is 10.0. The third kappa shape index (κ3) is 3.89. The number of carbonyl (C=O) groups is 1. The van der Waals surface area contributed by atoms with Crippen LogP contribution in [0.4, 0.5) is 10.1 Å². The maximum absolute atomic E-state index is 14.3. The van der Waals surface area contributed by atoms with E-state index < -0.39 is 11.7 Å². The van der Waals surface area contributed by atoms with Gasteiger partial charge in [-0.3, -0.25) is 9.36 Å². The molecule has 1 amide bonds. The number of rotatable bonds is 5. The fourth-order valence-electron chi connectivity index (χ4n) is 2.97. The van der Waals surface area contributed by atoms with Crippen LogP contribution in [0.3, 0.4) is 0 Å². The third-order valence-electron chi connectivity index (χ3n) is 4.48. The van der Waals surface area contributed by atoms with Gasteiger partial charge in [-0.15, -0.1) is 0 Å². The first-order valence-electron chi connectivity index (χ1n) is 8.89. The molecular weight excluding hydrogens is 371 g/mol. The second-order valence-corrected chi connectivity index (χ2v) is 6.48. The smallest absolute Gasteiger partial charge is 0.250 e. The fraction of sp³-hybridized carbons (Fsp3) is 0.0909. The van der Waals surface area contributed by atoms with E-state index in [-0.39, 0.29) is 17.0 Å². The molecule has 0 saturated heterocycles. The minimum Gasteiger partial charge on any atom is -0.508 e. The summed E-state index contributed by atoms with van der Waals surface area (Å²) in [5, 5.41) is 9.58. The van der Waals surface area contributed by atoms with Crippen LogP contribution in [-0.2, 0) is 0 Å². The van der Waals surface area contributed by atoms with Crippen molar-refractivity contribution in [2.24, 2.45) is 5.73 Å². The molecule has 0 spiro atoms. The summed E-state index contributed by atoms with van der Waals surface area (Å²) in [4.78, 5) is 16.4. The Labute approximate surface area is 167 Å². The number of nitrogen functional groups attached to an aromatic ring is 1. The molecule has 5 N–H and O–H groups in total. The van der Waals surface area contributed by atoms with Gasteiger partial charge in [0.1, 0.15) is 17.9 Å². The van der Waals surface area contributed by atoms with Gasteiger partial charge in [-0.05, 0) is 50.3 Å². The zero-order valence-corrected chi connectivity index (χ0v) is 16.1. The summed E-state index contributed by atoms with van der Waals surface area (Å²) in [6, 6.07) is 7.77. The van der Waals surface area contributed by atoms with E-state index in [0.29, 0.717) is 22.3 Å². The fourth-order valence-corrected chi connectivity index (χ4v) is 2.97. The van der Waals surface area contributed by atoms with E-state index >= 15 is 0 Å². The van der Waals surface area contributed by atoms with Gasteiger partial charge in [-0.1, -0.05) is 23.8 Å². The van der Waals surface area contributed by atoms with Gasteiger partial charge in [0, 0.05) is 5.56 Å². The van der Waals surface area contributed by atoms with E-state index in [2.05, 4.69) is 4.98 Å². The van der Waals surface area contributed by atoms with Gasteiger partial charge < -0.3 is 16.6 Å². The van der Waals surface area contributed by atoms with Gasteiger partial charge in [0.2, 0.25) is 0 Å². The number of aromatic nitrogens is 2. The van der Waals surface area contributed by atoms with E-state index in [9.17, 15) is 14.3 Å². The van der Waals surface area contributed by atoms with Crippen molar-refractivity contribution >= 4 is 28.7 Å². The second kappa shape index (κ2) is 8.02. The van der Waals surface area contributed by atoms with Crippen molar-refractivity contribution in [1.82, 2.24) is 9.55 Å². The summed E-state index contributed by atoms with van der Waals surface area (Å²) in [5.41, 5.74) is 14.6. The highest BCUT2D eigenvalue weighted by Gasteiger charge is 2.18. The molecule has 1 heterocycles. The molecule has 0 aliphatic heterocycles. The highest BCUT2D eigenvalue weighted by Crippen LogP contribution is 2.31. The van der Waals surface area contributed by atoms with E-state index in [4.69, 9.17) is 11.5 Å². The van der Waals surface area contributed by atoms with Crippen molar-refractivity contribution in [3.05, 3.63) is 83.2 Å². The Morgan fingerprint density at radius 1 is 1.28 bits per heavy atom. The number of hydrogen-bond acceptors (Lipinski definition) is 4. The molecule has 1 aromatic heterocycles. The van der Waals surface area contributed by atoms with Crippen LogP contribution in [0.2, 0.25) is 0 Å². The first kappa shape index (κ1) is 19.9. The van der Waals surface area contributed by atoms with Crippen molar-refractivity contribution in [3.8, 4) is 5.69 Å². The van der Waals surface area contributed by atoms with Crippen molar-refractivity contribution in [2.45, 2.75) is 13.8 Å². The Hall–Kier alpha value is -3.87. The molecule has 0 fully saturated rings. The summed E-state index contributed by atoms with van der Waals surface area (Å²) >= 11 is 0. The van der Waals surface area contributed by atoms with Crippen LogP contribution in [0, 0.1) is 5.82 Å². The largest absolute Gasteiger partial charge is 0.508 e. The number of amides is 1. The van der Waals surface area contributed by atoms with Crippen LogP contribution in [-0.4, -0.2) is 20.6 Å². The van der Waals surface area contributed by atoms with Gasteiger partial charge in [0.05, 0.1) is 28.0 Å². The van der Waals surface area contributed by atoms with Crippen LogP contribution in [0.25, 0.3) is 22.8 Å². The summed E-state index contributed by atoms with van der Waals surface area (Å²) in [7, 11) is 0. The minimum absolute atomic E-state index is 0.116. The number of aliphatic hydroxyl groups excluding tert-OH is 1. The molecule has 3 aromatic rings. The molecule has 0 radical (unpaired) electrons. The predicted octanol–water partition coefficient (Wildman–Crippen LogP) is 4.27. The Kier molecular flexibility index (Phi) is 5.50. The SMILES string of the molecule is C/C=C(O)/C=C\C(C)=C\c1c(N)c(C(N)=O)cc2c1ncn2-c1ccccc1F. The maximum atomic E-state index is 14.3. The zero-order chi connectivity index (χ0) is 21.1. The highest BCUT2D eigenvalue weighted by atomic mass is 19.1. The lowest BCUT2D eigenvalue weighted by Crippen LogP contribution is -2.14. The molecule has 0 saturated carbocycles. The maximum Gasteiger partial charge on any atom is 0.250 e. The molecule has 0 unspecified atom stereocenters. The number of imidazole rings is 1. The molecule has 3 rings (SSSR count). The van der Waals surface area contributed by atoms with Gasteiger partial charge in [0.25, 0.3) is 5.91 Å². The van der Waals surface area contributed by atoms with Gasteiger partial charge in [-0.25, -0.2) is 9.37 Å². The number of carbonyl (C=O) groups excluding carboxylic acids is 1. The monoisotopic (exact) mass is 392 g/mol. The van der Waals surface area contributed by atoms with Gasteiger partial charge in [0.15, 0.2) is 0 Å². The molecule has 2 aromatic carbocycles. The summed E-state index contributed by atoms with van der Waals surface area (Å²) in [6.45, 7) is 3.53. The van der Waals surface area contributed by atoms with Crippen molar-refractivity contribution in [3.63, 3.8) is 0 Å². The summed E-state index contributed by atoms with van der Waals surface area (Å²) in [5.74, 6) is -1.01. The Morgan fingerprint density at radius 3 is 2.66 bits per heavy atom. The van der Waals surface area contributed by atoms with E-state index in [1.807, 2.05) is 6.92 Å². The summed E-state index contributed by atoms with van der Waals surface area (Å²) < 4.78 is 15.9. The number of nitrogens with zero attached hydrogens (tertiary/aromatic N) is 2. The van der Waals surface area contributed by atoms with E-state index in [1.165, 1.54) is 24.5 Å². The molecule has 7 heteroatoms. The quantitative estimate of drug-likeness (QED) is 0.342. The number of benzene rings is 2. The average molecular weight is 392 g/mol. The van der Waals surface area contributed by atoms with Crippen LogP contribution in [0.15, 0.2) is 66.2 Å². The normalized spacial score (nSPS) is 12.8. The van der Waals surface area contributed by atoms with Crippen LogP contribution >= 0.6 is 0 Å². The lowest BCUT2D eigenvalue weighted by molar-refractivity contribution is 0.100. The molecule has 0 atom stereocenters. The van der Waals surface area contributed by atoms with Crippen molar-refractivity contribution in [1.29, 1.82) is 0 Å². The minimum atomic E-state index is -0.694. The van der Waals surface area contributed by atoms with Crippen LogP contribution in [0.5, 0.6) is 0 Å². The average Bonchev–Trinajstić information content (AvgIpc) is 3.11. The number of hydrogen-bond donors (Lipinski definition) is 3. The molecule has 29 heavy (non-hydrogen) atoms. The number of allylic oxidation sites excluding steroid dienone is 4. The number of para-hydroxylation sites is 1. The van der Waals surface area contributed by atoms with E-state index in [0.717, 1.165) is 5.57 Å².